The Kier molecular flexibility index (Phi) is 8.73. The number of rotatable bonds is 8. The van der Waals surface area contributed by atoms with E-state index in [1.165, 1.54) is 12.0 Å². The zero-order valence-electron chi connectivity index (χ0n) is 22.7. The summed E-state index contributed by atoms with van der Waals surface area (Å²) >= 11 is 6.49. The first-order valence-electron chi connectivity index (χ1n) is 14.0. The van der Waals surface area contributed by atoms with Gasteiger partial charge in [0, 0.05) is 31.7 Å². The van der Waals surface area contributed by atoms with Gasteiger partial charge in [-0.1, -0.05) is 35.9 Å². The first-order valence-corrected chi connectivity index (χ1v) is 14.3. The van der Waals surface area contributed by atoms with E-state index < -0.39 is 17.9 Å². The van der Waals surface area contributed by atoms with Gasteiger partial charge in [0.05, 0.1) is 29.8 Å². The molecule has 1 saturated heterocycles. The van der Waals surface area contributed by atoms with Crippen LogP contribution in [0.1, 0.15) is 49.7 Å². The van der Waals surface area contributed by atoms with Gasteiger partial charge in [-0.25, -0.2) is 9.69 Å². The molecule has 1 aliphatic carbocycles. The van der Waals surface area contributed by atoms with Crippen LogP contribution >= 0.6 is 11.6 Å². The number of carbonyl (C=O) groups excluding carboxylic acids is 3. The maximum atomic E-state index is 16.5. The number of ether oxygens (including phenoxy) is 2. The van der Waals surface area contributed by atoms with Crippen molar-refractivity contribution in [2.75, 3.05) is 37.0 Å². The van der Waals surface area contributed by atoms with Crippen LogP contribution in [0.15, 0.2) is 42.5 Å². The topological polar surface area (TPSA) is 88.2 Å². The summed E-state index contributed by atoms with van der Waals surface area (Å²) in [6.07, 6.45) is 3.72. The van der Waals surface area contributed by atoms with Crippen molar-refractivity contribution in [1.82, 2.24) is 4.90 Å². The van der Waals surface area contributed by atoms with Crippen LogP contribution in [0.25, 0.3) is 0 Å². The van der Waals surface area contributed by atoms with Crippen molar-refractivity contribution in [2.45, 2.75) is 63.4 Å². The van der Waals surface area contributed by atoms with E-state index >= 15 is 4.39 Å². The number of anilines is 2. The van der Waals surface area contributed by atoms with Crippen molar-refractivity contribution < 1.29 is 28.2 Å². The lowest BCUT2D eigenvalue weighted by atomic mass is 9.87. The van der Waals surface area contributed by atoms with Crippen LogP contribution in [0.3, 0.4) is 0 Å². The number of alkyl halides is 1. The molecule has 2 aliphatic heterocycles. The third kappa shape index (κ3) is 6.01. The highest BCUT2D eigenvalue weighted by atomic mass is 35.5. The molecule has 2 aromatic carbocycles. The lowest BCUT2D eigenvalue weighted by molar-refractivity contribution is -0.252. The van der Waals surface area contributed by atoms with Gasteiger partial charge in [-0.2, -0.15) is 4.39 Å². The number of hydrogen-bond acceptors (Lipinski definition) is 6. The summed E-state index contributed by atoms with van der Waals surface area (Å²) in [5, 5.41) is 3.11. The molecule has 2 fully saturated rings. The third-order valence-corrected chi connectivity index (χ3v) is 8.47. The number of nitrogens with one attached hydrogen (secondary N) is 1. The molecule has 0 bridgehead atoms. The highest BCUT2D eigenvalue weighted by molar-refractivity contribution is 6.34. The van der Waals surface area contributed by atoms with Crippen LogP contribution in [0.4, 0.5) is 20.6 Å². The molecule has 8 nitrogen and oxygen atoms in total. The molecule has 2 amide bonds. The lowest BCUT2D eigenvalue weighted by Crippen LogP contribution is -2.54. The fourth-order valence-corrected chi connectivity index (χ4v) is 6.17. The standard InChI is InChI=1S/C30H35ClFN3O5/c1-39-28(37)22-9-11-23(12-10-22)40-30(32,34-15-4-5-16-34)27(36)19-20-8-13-25(24(31)18-20)33-29(38)35-17-14-21-6-2-3-7-26(21)35/h2-3,6-8,13,18,22-23H,4-5,9-12,14-17,19H2,1H3,(H,33,38). The number of amides is 2. The molecule has 1 N–H and O–H groups in total. The van der Waals surface area contributed by atoms with Crippen molar-refractivity contribution in [3.8, 4) is 0 Å². The summed E-state index contributed by atoms with van der Waals surface area (Å²) < 4.78 is 27.2. The van der Waals surface area contributed by atoms with Crippen LogP contribution < -0.4 is 10.2 Å². The van der Waals surface area contributed by atoms with Crippen molar-refractivity contribution in [1.29, 1.82) is 0 Å². The van der Waals surface area contributed by atoms with Gasteiger partial charge >= 0.3 is 18.0 Å². The van der Waals surface area contributed by atoms with E-state index in [0.717, 1.165) is 30.5 Å². The molecule has 2 heterocycles. The van der Waals surface area contributed by atoms with Crippen LogP contribution in [-0.2, 0) is 31.9 Å². The average Bonchev–Trinajstić information content (AvgIpc) is 3.65. The minimum absolute atomic E-state index is 0.210. The lowest BCUT2D eigenvalue weighted by Gasteiger charge is -2.37. The largest absolute Gasteiger partial charge is 0.469 e. The van der Waals surface area contributed by atoms with Gasteiger partial charge in [-0.15, -0.1) is 0 Å². The van der Waals surface area contributed by atoms with E-state index in [1.807, 2.05) is 24.3 Å². The number of hydrogen-bond donors (Lipinski definition) is 1. The average molecular weight is 572 g/mol. The molecule has 2 aromatic rings. The van der Waals surface area contributed by atoms with E-state index in [2.05, 4.69) is 5.32 Å². The SMILES string of the molecule is COC(=O)C1CCC(OC(F)(C(=O)Cc2ccc(NC(=O)N3CCc4ccccc43)c(Cl)c2)N2CCCC2)CC1. The summed E-state index contributed by atoms with van der Waals surface area (Å²) in [6, 6.07) is 12.4. The molecule has 0 radical (unpaired) electrons. The maximum absolute atomic E-state index is 16.5. The Labute approximate surface area is 238 Å². The Morgan fingerprint density at radius 3 is 2.48 bits per heavy atom. The second-order valence-electron chi connectivity index (χ2n) is 10.7. The number of halogens is 2. The summed E-state index contributed by atoms with van der Waals surface area (Å²) in [5.74, 6) is -3.72. The number of nitrogens with zero attached hydrogens (tertiary/aromatic N) is 2. The summed E-state index contributed by atoms with van der Waals surface area (Å²) in [6.45, 7) is 1.45. The molecule has 1 saturated carbocycles. The molecule has 0 spiro atoms. The van der Waals surface area contributed by atoms with E-state index in [0.29, 0.717) is 56.6 Å². The Hall–Kier alpha value is -3.01. The molecular formula is C30H35ClFN3O5. The fourth-order valence-electron chi connectivity index (χ4n) is 5.92. The summed E-state index contributed by atoms with van der Waals surface area (Å²) in [4.78, 5) is 41.4. The van der Waals surface area contributed by atoms with Gasteiger partial charge in [-0.05, 0) is 74.3 Å². The number of fused-ring (bicyclic) bond motifs is 1. The zero-order chi connectivity index (χ0) is 28.3. The number of para-hydroxylation sites is 1. The van der Waals surface area contributed by atoms with Gasteiger partial charge in [0.25, 0.3) is 0 Å². The molecule has 1 atom stereocenters. The zero-order valence-corrected chi connectivity index (χ0v) is 23.4. The third-order valence-electron chi connectivity index (χ3n) is 8.16. The predicted molar refractivity (Wildman–Crippen MR) is 150 cm³/mol. The number of benzene rings is 2. The quantitative estimate of drug-likeness (QED) is 0.332. The van der Waals surface area contributed by atoms with Crippen molar-refractivity contribution in [2.24, 2.45) is 5.92 Å². The first-order chi connectivity index (χ1) is 19.3. The molecule has 1 unspecified atom stereocenters. The van der Waals surface area contributed by atoms with Crippen molar-refractivity contribution >= 4 is 40.8 Å². The normalized spacial score (nSPS) is 22.4. The number of esters is 1. The van der Waals surface area contributed by atoms with Gasteiger partial charge < -0.3 is 14.8 Å². The van der Waals surface area contributed by atoms with Crippen LogP contribution in [0.5, 0.6) is 0 Å². The molecule has 10 heteroatoms. The minimum Gasteiger partial charge on any atom is -0.469 e. The van der Waals surface area contributed by atoms with Crippen LogP contribution in [0.2, 0.25) is 5.02 Å². The van der Waals surface area contributed by atoms with E-state index in [-0.39, 0.29) is 29.4 Å². The number of Topliss-reactive ketones (excluding diaryl/α,β-unsaturated/α-hetero) is 1. The Balaban J connectivity index is 1.24. The molecule has 214 valence electrons. The summed E-state index contributed by atoms with van der Waals surface area (Å²) in [7, 11) is 1.36. The molecule has 5 rings (SSSR count). The monoisotopic (exact) mass is 571 g/mol. The Morgan fingerprint density at radius 1 is 1.05 bits per heavy atom. The van der Waals surface area contributed by atoms with Gasteiger partial charge in [0.15, 0.2) is 0 Å². The second-order valence-corrected chi connectivity index (χ2v) is 11.2. The smallest absolute Gasteiger partial charge is 0.330 e. The van der Waals surface area contributed by atoms with E-state index in [4.69, 9.17) is 21.1 Å². The van der Waals surface area contributed by atoms with Crippen molar-refractivity contribution in [3.05, 3.63) is 58.6 Å². The van der Waals surface area contributed by atoms with E-state index in [9.17, 15) is 14.4 Å². The number of carbonyl (C=O) groups is 3. The second kappa shape index (κ2) is 12.2. The first kappa shape index (κ1) is 28.5. The predicted octanol–water partition coefficient (Wildman–Crippen LogP) is 5.51. The Morgan fingerprint density at radius 2 is 1.77 bits per heavy atom. The maximum Gasteiger partial charge on any atom is 0.330 e. The van der Waals surface area contributed by atoms with Gasteiger partial charge in [0.2, 0.25) is 5.78 Å². The fraction of sp³-hybridized carbons (Fsp3) is 0.500. The molecular weight excluding hydrogens is 537 g/mol. The number of methoxy groups -OCH3 is 1. The van der Waals surface area contributed by atoms with E-state index in [1.54, 1.807) is 23.1 Å². The van der Waals surface area contributed by atoms with Gasteiger partial charge in [-0.3, -0.25) is 14.5 Å². The van der Waals surface area contributed by atoms with Crippen LogP contribution in [-0.4, -0.2) is 61.5 Å². The molecule has 40 heavy (non-hydrogen) atoms. The number of ketones is 1. The highest BCUT2D eigenvalue weighted by Crippen LogP contribution is 2.35. The van der Waals surface area contributed by atoms with Crippen molar-refractivity contribution in [3.63, 3.8) is 0 Å². The minimum atomic E-state index is -2.55. The Bertz CT molecular complexity index is 1260. The highest BCUT2D eigenvalue weighted by Gasteiger charge is 2.48. The molecule has 3 aliphatic rings. The van der Waals surface area contributed by atoms with Gasteiger partial charge in [0.1, 0.15) is 0 Å². The summed E-state index contributed by atoms with van der Waals surface area (Å²) in [5.41, 5.74) is 2.93. The number of likely N-dealkylation sites (tertiary alicyclic amines) is 1. The van der Waals surface area contributed by atoms with Crippen LogP contribution in [0, 0.1) is 5.92 Å². The molecule has 0 aromatic heterocycles. The number of urea groups is 1.